The predicted octanol–water partition coefficient (Wildman–Crippen LogP) is -1.52. The Labute approximate surface area is 32.4 Å². The molecule has 0 amide bonds. The van der Waals surface area contributed by atoms with Gasteiger partial charge < -0.3 is 0 Å². The Hall–Kier alpha value is 0.435. The molecule has 0 saturated carbocycles. The lowest BCUT2D eigenvalue weighted by atomic mass is 10.8. The molecule has 24 valence electrons. The molecule has 0 heterocycles. The van der Waals surface area contributed by atoms with Gasteiger partial charge in [-0.1, -0.05) is 0 Å². The molecule has 0 aromatic carbocycles. The lowest BCUT2D eigenvalue weighted by Gasteiger charge is -1.43. The second-order valence-electron chi connectivity index (χ2n) is 0.440. The Morgan fingerprint density at radius 2 is 2.00 bits per heavy atom. The summed E-state index contributed by atoms with van der Waals surface area (Å²) < 4.78 is 9.41. The molecule has 0 fully saturated rings. The molecule has 0 rings (SSSR count). The molecule has 0 bridgehead atoms. The van der Waals surface area contributed by atoms with Gasteiger partial charge in [0.25, 0.3) is 0 Å². The van der Waals surface area contributed by atoms with E-state index in [1.165, 1.54) is 7.12 Å². The van der Waals surface area contributed by atoms with Crippen LogP contribution in [0.5, 0.6) is 0 Å². The van der Waals surface area contributed by atoms with Crippen molar-refractivity contribution in [3.05, 3.63) is 0 Å². The minimum atomic E-state index is -1.29. The van der Waals surface area contributed by atoms with Crippen molar-refractivity contribution in [3.8, 4) is 0 Å². The third-order valence-corrected chi connectivity index (χ3v) is 0. The molecule has 0 aliphatic rings. The third-order valence-electron chi connectivity index (χ3n) is 0. The largest absolute Gasteiger partial charge is 0.272 e. The van der Waals surface area contributed by atoms with Crippen molar-refractivity contribution in [2.24, 2.45) is 0 Å². The van der Waals surface area contributed by atoms with Gasteiger partial charge in [-0.3, -0.25) is 4.21 Å². The van der Waals surface area contributed by atoms with Crippen LogP contribution in [-0.4, -0.2) is 11.3 Å². The normalized spacial score (nSPS) is 15.0. The monoisotopic (exact) mass is 94.0 g/mol. The molecule has 0 N–H and O–H groups in total. The highest BCUT2D eigenvalue weighted by atomic mass is 32.8. The summed E-state index contributed by atoms with van der Waals surface area (Å²) in [5.74, 6) is 0. The average Bonchev–Trinajstić information content (AvgIpc) is 0.811. The topological polar surface area (TPSA) is 17.1 Å². The van der Waals surface area contributed by atoms with Gasteiger partial charge in [-0.2, -0.15) is 0 Å². The highest BCUT2D eigenvalue weighted by Gasteiger charge is 1.43. The Kier molecular flexibility index (Phi) is 1.91. The number of hydrogen-bond donors (Lipinski definition) is 1. The zero-order valence-electron chi connectivity index (χ0n) is 2.26. The molecule has 4 heavy (non-hydrogen) atoms. The Bertz CT molecular complexity index is 54.4. The first-order valence-electron chi connectivity index (χ1n) is 0.812. The zero-order chi connectivity index (χ0) is 3.58. The van der Waals surface area contributed by atoms with Crippen LogP contribution in [0.15, 0.2) is 0 Å². The van der Waals surface area contributed by atoms with Gasteiger partial charge >= 0.3 is 0 Å². The summed E-state index contributed by atoms with van der Waals surface area (Å²) in [6.45, 7) is 0. The van der Waals surface area contributed by atoms with Crippen molar-refractivity contribution in [2.45, 2.75) is 0 Å². The second-order valence-corrected chi connectivity index (χ2v) is 2.86. The Morgan fingerprint density at radius 1 is 2.00 bits per heavy atom. The Balaban J connectivity index is 3.51. The predicted molar refractivity (Wildman–Crippen MR) is 25.4 cm³/mol. The van der Waals surface area contributed by atoms with E-state index in [-0.39, 0.29) is 0 Å². The van der Waals surface area contributed by atoms with Gasteiger partial charge in [-0.05, 0) is 20.4 Å². The van der Waals surface area contributed by atoms with E-state index in [1.54, 1.807) is 0 Å². The maximum absolute atomic E-state index is 9.41. The summed E-state index contributed by atoms with van der Waals surface area (Å²) in [4.78, 5) is 0. The highest BCUT2D eigenvalue weighted by Crippen LogP contribution is 1.29. The lowest BCUT2D eigenvalue weighted by Crippen LogP contribution is -1.57. The summed E-state index contributed by atoms with van der Waals surface area (Å²) in [6.07, 6.45) is 0. The van der Waals surface area contributed by atoms with E-state index in [4.69, 9.17) is 0 Å². The molecule has 0 spiro atoms. The first-order valence-corrected chi connectivity index (χ1v) is 3.53. The quantitative estimate of drug-likeness (QED) is 0.290. The standard InChI is InChI=1S/BH3OS2/c1-4(2)3/h4H,1H2. The molecule has 1 nitrogen and oxygen atoms in total. The van der Waals surface area contributed by atoms with E-state index in [0.717, 1.165) is 0 Å². The molecule has 0 aliphatic carbocycles. The van der Waals surface area contributed by atoms with Crippen LogP contribution in [0.25, 0.3) is 0 Å². The molecule has 0 aliphatic heterocycles. The van der Waals surface area contributed by atoms with E-state index >= 15 is 0 Å². The third kappa shape index (κ3) is 26.5. The Morgan fingerprint density at radius 3 is 2.00 bits per heavy atom. The number of rotatable bonds is 0. The molecular weight excluding hydrogens is 90.9 g/mol. The van der Waals surface area contributed by atoms with Gasteiger partial charge in [-0.25, -0.2) is 0 Å². The number of hydrogen-bond acceptors (Lipinski definition) is 2. The van der Waals surface area contributed by atoms with Gasteiger partial charge in [-0.15, -0.1) is 0 Å². The van der Waals surface area contributed by atoms with Crippen molar-refractivity contribution < 1.29 is 4.21 Å². The van der Waals surface area contributed by atoms with E-state index in [9.17, 15) is 4.21 Å². The van der Waals surface area contributed by atoms with Crippen molar-refractivity contribution >= 4 is 27.5 Å². The van der Waals surface area contributed by atoms with E-state index in [1.807, 2.05) is 0 Å². The van der Waals surface area contributed by atoms with Crippen LogP contribution in [0.1, 0.15) is 0 Å². The fourth-order valence-corrected chi connectivity index (χ4v) is 0. The van der Waals surface area contributed by atoms with Gasteiger partial charge in [0.15, 0.2) is 0 Å². The minimum Gasteiger partial charge on any atom is -0.272 e. The molecule has 1 unspecified atom stereocenters. The maximum atomic E-state index is 9.41. The number of thiol groups is 1. The highest BCUT2D eigenvalue weighted by molar-refractivity contribution is 8.33. The molecule has 0 saturated heterocycles. The van der Waals surface area contributed by atoms with Gasteiger partial charge in [0.1, 0.15) is 0 Å². The summed E-state index contributed by atoms with van der Waals surface area (Å²) >= 11 is 4.13. The van der Waals surface area contributed by atoms with Gasteiger partial charge in [0.2, 0.25) is 7.12 Å². The SMILES string of the molecule is B[SH](=O)=S. The molecule has 4 heteroatoms. The summed E-state index contributed by atoms with van der Waals surface area (Å²) in [7, 11) is 0.204. The summed E-state index contributed by atoms with van der Waals surface area (Å²) in [6, 6.07) is 0. The van der Waals surface area contributed by atoms with Crippen molar-refractivity contribution in [1.29, 1.82) is 0 Å². The van der Waals surface area contributed by atoms with Crippen LogP contribution in [0.2, 0.25) is 0 Å². The fourth-order valence-electron chi connectivity index (χ4n) is 0. The van der Waals surface area contributed by atoms with Crippen LogP contribution >= 0.6 is 0 Å². The van der Waals surface area contributed by atoms with Crippen molar-refractivity contribution in [2.75, 3.05) is 0 Å². The van der Waals surface area contributed by atoms with Crippen LogP contribution in [0.4, 0.5) is 0 Å². The molecule has 0 aromatic heterocycles. The van der Waals surface area contributed by atoms with Crippen molar-refractivity contribution in [1.82, 2.24) is 0 Å². The van der Waals surface area contributed by atoms with Crippen LogP contribution in [0.3, 0.4) is 0 Å². The van der Waals surface area contributed by atoms with Crippen molar-refractivity contribution in [3.63, 3.8) is 0 Å². The summed E-state index contributed by atoms with van der Waals surface area (Å²) in [5, 5.41) is 0. The first-order chi connectivity index (χ1) is 1.73. The first kappa shape index (κ1) is 4.43. The van der Waals surface area contributed by atoms with Crippen LogP contribution in [0, 0.1) is 0 Å². The van der Waals surface area contributed by atoms with Crippen LogP contribution in [-0.2, 0) is 20.4 Å². The molecule has 1 atom stereocenters. The zero-order valence-corrected chi connectivity index (χ0v) is 3.97. The smallest absolute Gasteiger partial charge is 0.217 e. The van der Waals surface area contributed by atoms with E-state index in [0.29, 0.717) is 0 Å². The van der Waals surface area contributed by atoms with E-state index < -0.39 is 9.21 Å². The molecule has 0 radical (unpaired) electrons. The molecular formula is H3BOS2. The summed E-state index contributed by atoms with van der Waals surface area (Å²) in [5.41, 5.74) is 0. The van der Waals surface area contributed by atoms with Gasteiger partial charge in [0, 0.05) is 0 Å². The average molecular weight is 94.0 g/mol. The fraction of sp³-hybridized carbons (Fsp3) is 0. The lowest BCUT2D eigenvalue weighted by molar-refractivity contribution is 0.699. The van der Waals surface area contributed by atoms with E-state index in [2.05, 4.69) is 11.2 Å². The van der Waals surface area contributed by atoms with Gasteiger partial charge in [0.05, 0.1) is 0 Å². The van der Waals surface area contributed by atoms with Crippen LogP contribution < -0.4 is 0 Å². The minimum absolute atomic E-state index is 1.29. The molecule has 0 aromatic rings. The maximum Gasteiger partial charge on any atom is 0.217 e. The second kappa shape index (κ2) is 1.73.